The lowest BCUT2D eigenvalue weighted by Crippen LogP contribution is -2.63. The van der Waals surface area contributed by atoms with Crippen molar-refractivity contribution in [2.24, 2.45) is 0 Å². The molecule has 3 N–H and O–H groups in total. The molecule has 18 heteroatoms. The van der Waals surface area contributed by atoms with E-state index >= 15 is 0 Å². The smallest absolute Gasteiger partial charge is 0.407 e. The van der Waals surface area contributed by atoms with Gasteiger partial charge in [-0.05, 0) is 82.8 Å². The van der Waals surface area contributed by atoms with Gasteiger partial charge in [0.25, 0.3) is 0 Å². The van der Waals surface area contributed by atoms with Gasteiger partial charge in [0.2, 0.25) is 0 Å². The minimum atomic E-state index is -1.50. The van der Waals surface area contributed by atoms with Gasteiger partial charge in [0, 0.05) is 14.2 Å². The average molecular weight is 1080 g/mol. The zero-order valence-electron chi connectivity index (χ0n) is 43.5. The van der Waals surface area contributed by atoms with Crippen molar-refractivity contribution in [1.82, 2.24) is 16.0 Å². The summed E-state index contributed by atoms with van der Waals surface area (Å²) in [5.74, 6) is -1.76. The Morgan fingerprint density at radius 2 is 0.700 bits per heavy atom. The fourth-order valence-electron chi connectivity index (χ4n) is 10.1. The average Bonchev–Trinajstić information content (AvgIpc) is 3.55. The Balaban J connectivity index is 0.776. The Labute approximate surface area is 458 Å². The molecule has 1 aliphatic heterocycles. The van der Waals surface area contributed by atoms with Gasteiger partial charge in [-0.3, -0.25) is 0 Å². The zero-order valence-corrected chi connectivity index (χ0v) is 43.5. The normalized spacial score (nSPS) is 16.9. The topological polar surface area (TPSA) is 222 Å². The summed E-state index contributed by atoms with van der Waals surface area (Å²) in [7, 11) is 2.55. The molecule has 0 radical (unpaired) electrons. The van der Waals surface area contributed by atoms with Crippen molar-refractivity contribution < 1.29 is 71.4 Å². The van der Waals surface area contributed by atoms with Crippen LogP contribution in [0.4, 0.5) is 14.4 Å². The van der Waals surface area contributed by atoms with E-state index in [1.165, 1.54) is 14.2 Å². The Hall–Kier alpha value is -9.36. The van der Waals surface area contributed by atoms with E-state index in [4.69, 9.17) is 42.6 Å². The van der Waals surface area contributed by atoms with E-state index in [1.807, 2.05) is 164 Å². The number of carbonyl (C=O) groups is 6. The van der Waals surface area contributed by atoms with Crippen LogP contribution in [-0.4, -0.2) is 127 Å². The standard InChI is InChI=1S/C62H55N3O15/c1-72-53-49(36-77-60(69)63-27-30-74-56(66)50-43-21-9-3-15-37(43)33-38-16-4-10-22-44(38)50)78-59(73-2)55(80-62(71)65-29-32-76-58(68)52-47-25-13-7-19-41(47)35-42-20-8-14-26-48(42)52)54(53)79-61(70)64-28-31-75-57(67)51-45-23-11-5-17-39(45)34-40-18-6-12-24-46(40)51/h3-26,33-35,49,53-55,59H,27-32,36H2,1-2H3,(H,63,69)(H,64,70)(H,65,71)/t49-,53-,54+,55-,59+/m1/s1. The van der Waals surface area contributed by atoms with Crippen LogP contribution in [0.3, 0.4) is 0 Å². The summed E-state index contributed by atoms with van der Waals surface area (Å²) in [5.41, 5.74) is 1.16. The van der Waals surface area contributed by atoms with Gasteiger partial charge in [0.15, 0.2) is 18.5 Å². The maximum Gasteiger partial charge on any atom is 0.407 e. The summed E-state index contributed by atoms with van der Waals surface area (Å²) in [5, 5.41) is 17.1. The van der Waals surface area contributed by atoms with Crippen LogP contribution in [0, 0.1) is 0 Å². The van der Waals surface area contributed by atoms with Crippen molar-refractivity contribution in [2.45, 2.75) is 30.7 Å². The number of nitrogens with one attached hydrogen (secondary N) is 3. The molecule has 0 spiro atoms. The molecule has 5 atom stereocenters. The van der Waals surface area contributed by atoms with Gasteiger partial charge < -0.3 is 58.6 Å². The fourth-order valence-corrected chi connectivity index (χ4v) is 10.1. The van der Waals surface area contributed by atoms with E-state index in [-0.39, 0.29) is 39.5 Å². The number of benzene rings is 9. The summed E-state index contributed by atoms with van der Waals surface area (Å²) in [6.45, 7) is -1.65. The summed E-state index contributed by atoms with van der Waals surface area (Å²) >= 11 is 0. The van der Waals surface area contributed by atoms with Crippen molar-refractivity contribution in [2.75, 3.05) is 60.3 Å². The number of ether oxygens (including phenoxy) is 9. The first-order valence-corrected chi connectivity index (χ1v) is 25.8. The van der Waals surface area contributed by atoms with E-state index < -0.39 is 73.5 Å². The second-order valence-electron chi connectivity index (χ2n) is 18.6. The molecule has 18 nitrogen and oxygen atoms in total. The van der Waals surface area contributed by atoms with Crippen LogP contribution in [-0.2, 0) is 42.6 Å². The van der Waals surface area contributed by atoms with E-state index in [1.54, 1.807) is 0 Å². The molecule has 0 unspecified atom stereocenters. The molecule has 10 rings (SSSR count). The van der Waals surface area contributed by atoms with Gasteiger partial charge in [-0.25, -0.2) is 28.8 Å². The van der Waals surface area contributed by atoms with Crippen molar-refractivity contribution in [1.29, 1.82) is 0 Å². The highest BCUT2D eigenvalue weighted by atomic mass is 16.7. The van der Waals surface area contributed by atoms with E-state index in [2.05, 4.69) is 16.0 Å². The molecule has 9 aromatic rings. The van der Waals surface area contributed by atoms with Gasteiger partial charge >= 0.3 is 36.2 Å². The van der Waals surface area contributed by atoms with Crippen LogP contribution >= 0.6 is 0 Å². The van der Waals surface area contributed by atoms with Gasteiger partial charge in [-0.15, -0.1) is 0 Å². The first kappa shape index (κ1) is 54.0. The second-order valence-corrected chi connectivity index (χ2v) is 18.6. The van der Waals surface area contributed by atoms with Gasteiger partial charge in [0.1, 0.15) is 38.6 Å². The van der Waals surface area contributed by atoms with Crippen LogP contribution < -0.4 is 16.0 Å². The molecule has 0 saturated carbocycles. The molecular formula is C62H55N3O15. The highest BCUT2D eigenvalue weighted by molar-refractivity contribution is 6.18. The lowest BCUT2D eigenvalue weighted by molar-refractivity contribution is -0.295. The van der Waals surface area contributed by atoms with Gasteiger partial charge in [-0.2, -0.15) is 0 Å². The summed E-state index contributed by atoms with van der Waals surface area (Å²) in [4.78, 5) is 81.1. The van der Waals surface area contributed by atoms with E-state index in [9.17, 15) is 28.8 Å². The predicted molar refractivity (Wildman–Crippen MR) is 298 cm³/mol. The van der Waals surface area contributed by atoms with Crippen LogP contribution in [0.25, 0.3) is 64.6 Å². The molecule has 1 aliphatic rings. The van der Waals surface area contributed by atoms with Crippen molar-refractivity contribution in [3.05, 3.63) is 180 Å². The van der Waals surface area contributed by atoms with Crippen LogP contribution in [0.1, 0.15) is 31.1 Å². The number of esters is 3. The Morgan fingerprint density at radius 3 is 1.02 bits per heavy atom. The maximum absolute atomic E-state index is 13.7. The number of rotatable bonds is 18. The second kappa shape index (κ2) is 25.0. The number of hydrogen-bond acceptors (Lipinski definition) is 15. The van der Waals surface area contributed by atoms with E-state index in [0.29, 0.717) is 38.2 Å². The number of alkyl carbamates (subject to hydrolysis) is 3. The lowest BCUT2D eigenvalue weighted by atomic mass is 9.97. The number of hydrogen-bond donors (Lipinski definition) is 3. The number of carbonyl (C=O) groups excluding carboxylic acids is 6. The van der Waals surface area contributed by atoms with Gasteiger partial charge in [-0.1, -0.05) is 146 Å². The zero-order chi connectivity index (χ0) is 55.5. The third-order valence-electron chi connectivity index (χ3n) is 13.7. The Morgan fingerprint density at radius 1 is 0.388 bits per heavy atom. The first-order chi connectivity index (χ1) is 39.1. The number of fused-ring (bicyclic) bond motifs is 6. The minimum Gasteiger partial charge on any atom is -0.460 e. The van der Waals surface area contributed by atoms with Crippen molar-refractivity contribution >= 4 is 101 Å². The largest absolute Gasteiger partial charge is 0.460 e. The summed E-state index contributed by atoms with van der Waals surface area (Å²) in [6.07, 6.45) is -9.81. The molecule has 0 bridgehead atoms. The van der Waals surface area contributed by atoms with Crippen LogP contribution in [0.15, 0.2) is 164 Å². The monoisotopic (exact) mass is 1080 g/mol. The van der Waals surface area contributed by atoms with E-state index in [0.717, 1.165) is 43.1 Å². The number of methoxy groups -OCH3 is 2. The molecule has 1 heterocycles. The fraction of sp³-hybridized carbons (Fsp3) is 0.226. The number of amides is 3. The highest BCUT2D eigenvalue weighted by Gasteiger charge is 2.51. The maximum atomic E-state index is 13.7. The molecule has 9 aromatic carbocycles. The highest BCUT2D eigenvalue weighted by Crippen LogP contribution is 2.33. The molecular weight excluding hydrogens is 1030 g/mol. The first-order valence-electron chi connectivity index (χ1n) is 25.8. The molecule has 3 amide bonds. The lowest BCUT2D eigenvalue weighted by Gasteiger charge is -2.43. The van der Waals surface area contributed by atoms with Gasteiger partial charge in [0.05, 0.1) is 36.3 Å². The van der Waals surface area contributed by atoms with Crippen molar-refractivity contribution in [3.63, 3.8) is 0 Å². The molecule has 0 aliphatic carbocycles. The Bertz CT molecular complexity index is 3630. The predicted octanol–water partition coefficient (Wildman–Crippen LogP) is 9.78. The molecule has 1 fully saturated rings. The third-order valence-corrected chi connectivity index (χ3v) is 13.7. The quantitative estimate of drug-likeness (QED) is 0.0315. The van der Waals surface area contributed by atoms with Crippen molar-refractivity contribution in [3.8, 4) is 0 Å². The molecule has 1 saturated heterocycles. The Kier molecular flexibility index (Phi) is 16.9. The minimum absolute atomic E-state index is 0.114. The SMILES string of the molecule is CO[C@H]1O[C@H](COC(=O)NCCOC(=O)c2c3ccccc3cc3ccccc23)[C@@H](OC)[C@H](OC(=O)NCCOC(=O)c2c3ccccc3cc3ccccc23)[C@H]1OC(=O)NCCOC(=O)c1c2ccccc2cc2ccccc12. The summed E-state index contributed by atoms with van der Waals surface area (Å²) in [6, 6.07) is 50.8. The molecule has 408 valence electrons. The molecule has 80 heavy (non-hydrogen) atoms. The van der Waals surface area contributed by atoms with Crippen LogP contribution in [0.5, 0.6) is 0 Å². The van der Waals surface area contributed by atoms with Crippen LogP contribution in [0.2, 0.25) is 0 Å². The summed E-state index contributed by atoms with van der Waals surface area (Å²) < 4.78 is 51.7. The third kappa shape index (κ3) is 11.9. The molecule has 0 aromatic heterocycles.